The van der Waals surface area contributed by atoms with E-state index in [1.54, 1.807) is 0 Å². The third kappa shape index (κ3) is 7.58. The fourth-order valence-electron chi connectivity index (χ4n) is 7.45. The molecule has 0 spiro atoms. The highest BCUT2D eigenvalue weighted by atomic mass is 15.1. The van der Waals surface area contributed by atoms with Crippen molar-refractivity contribution in [3.63, 3.8) is 0 Å². The van der Waals surface area contributed by atoms with E-state index in [1.165, 1.54) is 33.4 Å². The Kier molecular flexibility index (Phi) is 10.2. The van der Waals surface area contributed by atoms with Gasteiger partial charge in [0.2, 0.25) is 0 Å². The van der Waals surface area contributed by atoms with Crippen molar-refractivity contribution < 1.29 is 0 Å². The first-order valence-electron chi connectivity index (χ1n) is 19.6. The van der Waals surface area contributed by atoms with Crippen molar-refractivity contribution in [3.05, 3.63) is 249 Å². The minimum absolute atomic E-state index is 0.936. The third-order valence-electron chi connectivity index (χ3n) is 10.5. The van der Waals surface area contributed by atoms with Crippen LogP contribution in [0.25, 0.3) is 67.1 Å². The summed E-state index contributed by atoms with van der Waals surface area (Å²) in [6.07, 6.45) is 8.20. The molecule has 0 bridgehead atoms. The predicted molar refractivity (Wildman–Crippen MR) is 245 cm³/mol. The zero-order valence-corrected chi connectivity index (χ0v) is 32.1. The first-order valence-corrected chi connectivity index (χ1v) is 19.6. The van der Waals surface area contributed by atoms with Gasteiger partial charge in [-0.1, -0.05) is 183 Å². The highest BCUT2D eigenvalue weighted by molar-refractivity contribution is 5.84. The average molecular weight is 744 g/mol. The Morgan fingerprint density at radius 2 is 0.862 bits per heavy atom. The summed E-state index contributed by atoms with van der Waals surface area (Å²) in [6.45, 7) is 4.11. The number of para-hydroxylation sites is 5. The summed E-state index contributed by atoms with van der Waals surface area (Å²) in [4.78, 5) is 7.21. The Morgan fingerprint density at radius 3 is 1.34 bits per heavy atom. The zero-order chi connectivity index (χ0) is 39.1. The van der Waals surface area contributed by atoms with Crippen molar-refractivity contribution in [3.8, 4) is 50.5 Å². The van der Waals surface area contributed by atoms with Gasteiger partial charge in [-0.05, 0) is 99.1 Å². The van der Waals surface area contributed by atoms with E-state index in [-0.39, 0.29) is 0 Å². The first kappa shape index (κ1) is 35.9. The van der Waals surface area contributed by atoms with Crippen LogP contribution in [0.15, 0.2) is 243 Å². The third-order valence-corrected chi connectivity index (χ3v) is 10.5. The zero-order valence-electron chi connectivity index (χ0n) is 32.1. The molecule has 1 aromatic heterocycles. The number of allylic oxidation sites excluding steroid dienone is 4. The van der Waals surface area contributed by atoms with E-state index in [2.05, 4.69) is 222 Å². The molecular weight excluding hydrogens is 703 g/mol. The average Bonchev–Trinajstić information content (AvgIpc) is 3.70. The van der Waals surface area contributed by atoms with Gasteiger partial charge >= 0.3 is 0 Å². The largest absolute Gasteiger partial charge is 0.317 e. The normalized spacial score (nSPS) is 11.6. The molecule has 0 amide bonds. The van der Waals surface area contributed by atoms with Crippen LogP contribution >= 0.6 is 0 Å². The van der Waals surface area contributed by atoms with Crippen molar-refractivity contribution in [2.45, 2.75) is 0 Å². The van der Waals surface area contributed by atoms with Crippen molar-refractivity contribution in [1.29, 1.82) is 0 Å². The van der Waals surface area contributed by atoms with Crippen LogP contribution < -0.4 is 4.90 Å². The van der Waals surface area contributed by atoms with Crippen LogP contribution in [0.3, 0.4) is 0 Å². The molecule has 1 heterocycles. The number of benzene rings is 8. The Bertz CT molecular complexity index is 2790. The van der Waals surface area contributed by atoms with Crippen molar-refractivity contribution in [2.75, 3.05) is 4.90 Å². The smallest absolute Gasteiger partial charge is 0.145 e. The van der Waals surface area contributed by atoms with E-state index in [4.69, 9.17) is 4.98 Å². The molecule has 0 aliphatic rings. The van der Waals surface area contributed by atoms with Crippen molar-refractivity contribution in [1.82, 2.24) is 9.55 Å². The number of hydrogen-bond donors (Lipinski definition) is 0. The maximum Gasteiger partial charge on any atom is 0.145 e. The van der Waals surface area contributed by atoms with E-state index in [0.717, 1.165) is 50.6 Å². The van der Waals surface area contributed by atoms with Crippen LogP contribution in [0.5, 0.6) is 0 Å². The summed E-state index contributed by atoms with van der Waals surface area (Å²) in [6, 6.07) is 74.6. The molecule has 0 radical (unpaired) electrons. The summed E-state index contributed by atoms with van der Waals surface area (Å²) < 4.78 is 2.24. The number of imidazole rings is 1. The number of anilines is 2. The maximum atomic E-state index is 5.03. The van der Waals surface area contributed by atoms with Gasteiger partial charge in [0.05, 0.1) is 11.0 Å². The van der Waals surface area contributed by atoms with Gasteiger partial charge in [-0.3, -0.25) is 4.57 Å². The predicted octanol–water partition coefficient (Wildman–Crippen LogP) is 14.6. The molecule has 0 atom stereocenters. The Morgan fingerprint density at radius 1 is 0.448 bits per heavy atom. The van der Waals surface area contributed by atoms with Gasteiger partial charge in [-0.15, -0.1) is 0 Å². The minimum atomic E-state index is 0.936. The topological polar surface area (TPSA) is 21.1 Å². The van der Waals surface area contributed by atoms with Crippen LogP contribution in [0.4, 0.5) is 11.4 Å². The maximum absolute atomic E-state index is 5.03. The second-order valence-electron chi connectivity index (χ2n) is 14.1. The quantitative estimate of drug-likeness (QED) is 0.123. The molecule has 276 valence electrons. The van der Waals surface area contributed by atoms with E-state index < -0.39 is 0 Å². The van der Waals surface area contributed by atoms with Gasteiger partial charge in [-0.2, -0.15) is 0 Å². The summed E-state index contributed by atoms with van der Waals surface area (Å²) in [7, 11) is 0. The molecule has 0 aliphatic heterocycles. The Balaban J connectivity index is 0.882. The molecule has 3 heteroatoms. The summed E-state index contributed by atoms with van der Waals surface area (Å²) in [5.41, 5.74) is 15.7. The van der Waals surface area contributed by atoms with Gasteiger partial charge in [-0.25, -0.2) is 4.98 Å². The fraction of sp³-hybridized carbons (Fsp3) is 0. The van der Waals surface area contributed by atoms with E-state index in [9.17, 15) is 0 Å². The van der Waals surface area contributed by atoms with Gasteiger partial charge in [0.1, 0.15) is 5.82 Å². The lowest BCUT2D eigenvalue weighted by Crippen LogP contribution is -2.07. The Hall–Kier alpha value is -7.75. The molecule has 58 heavy (non-hydrogen) atoms. The lowest BCUT2D eigenvalue weighted by atomic mass is 9.96. The molecule has 0 fully saturated rings. The monoisotopic (exact) mass is 743 g/mol. The summed E-state index contributed by atoms with van der Waals surface area (Å²) >= 11 is 0. The molecule has 0 N–H and O–H groups in total. The van der Waals surface area contributed by atoms with E-state index >= 15 is 0 Å². The van der Waals surface area contributed by atoms with Crippen LogP contribution in [-0.2, 0) is 0 Å². The van der Waals surface area contributed by atoms with Gasteiger partial charge in [0.25, 0.3) is 0 Å². The van der Waals surface area contributed by atoms with Crippen LogP contribution in [0, 0.1) is 0 Å². The molecule has 0 saturated carbocycles. The molecular formula is C55H41N3. The lowest BCUT2D eigenvalue weighted by molar-refractivity contribution is 1.10. The van der Waals surface area contributed by atoms with Gasteiger partial charge in [0, 0.05) is 28.8 Å². The van der Waals surface area contributed by atoms with Crippen LogP contribution in [-0.4, -0.2) is 9.55 Å². The van der Waals surface area contributed by atoms with Crippen molar-refractivity contribution >= 4 is 28.0 Å². The summed E-state index contributed by atoms with van der Waals surface area (Å²) in [5.74, 6) is 0.936. The molecule has 0 aliphatic carbocycles. The first-order chi connectivity index (χ1) is 28.7. The number of hydrogen-bond acceptors (Lipinski definition) is 2. The Labute approximate surface area is 340 Å². The summed E-state index contributed by atoms with van der Waals surface area (Å²) in [5, 5.41) is 0. The highest BCUT2D eigenvalue weighted by Crippen LogP contribution is 2.33. The molecule has 0 unspecified atom stereocenters. The second kappa shape index (κ2) is 16.5. The van der Waals surface area contributed by atoms with E-state index in [1.807, 2.05) is 30.3 Å². The molecule has 9 rings (SSSR count). The molecule has 8 aromatic carbocycles. The van der Waals surface area contributed by atoms with E-state index in [0.29, 0.717) is 0 Å². The number of fused-ring (bicyclic) bond motifs is 1. The number of rotatable bonds is 11. The minimum Gasteiger partial charge on any atom is -0.317 e. The van der Waals surface area contributed by atoms with Crippen molar-refractivity contribution in [2.24, 2.45) is 0 Å². The highest BCUT2D eigenvalue weighted by Gasteiger charge is 2.14. The second-order valence-corrected chi connectivity index (χ2v) is 14.1. The van der Waals surface area contributed by atoms with Crippen LogP contribution in [0.2, 0.25) is 0 Å². The molecule has 0 saturated heterocycles. The lowest BCUT2D eigenvalue weighted by Gasteiger charge is -2.20. The number of nitrogens with zero attached hydrogens (tertiary/aromatic N) is 3. The number of aromatic nitrogens is 2. The van der Waals surface area contributed by atoms with Crippen LogP contribution in [0.1, 0.15) is 5.56 Å². The standard InChI is InChI=1S/C55H41N3/c1-2-41(15-14-40-57(50-16-6-3-7-17-50)51-18-8-4-9-19-51)42-24-26-43(27-25-42)44-28-30-45(31-29-44)46-32-34-47(35-33-46)48-36-38-49(39-37-48)55-56-53-22-12-13-23-54(53)58(55)52-20-10-5-11-21-52/h2-40H,1H2. The van der Waals surface area contributed by atoms with Gasteiger partial charge in [0.15, 0.2) is 0 Å². The van der Waals surface area contributed by atoms with Gasteiger partial charge < -0.3 is 4.90 Å². The molecule has 9 aromatic rings. The molecule has 3 nitrogen and oxygen atoms in total. The SMILES string of the molecule is C=CC(=CC=CN(c1ccccc1)c1ccccc1)c1ccc(-c2ccc(-c3ccc(-c4ccc(-c5nc6ccccc6n5-c5ccccc5)cc4)cc3)cc2)cc1. The fourth-order valence-corrected chi connectivity index (χ4v) is 7.45.